The highest BCUT2D eigenvalue weighted by molar-refractivity contribution is 8.00. The van der Waals surface area contributed by atoms with E-state index in [1.807, 2.05) is 0 Å². The molecule has 2 N–H and O–H groups in total. The lowest BCUT2D eigenvalue weighted by atomic mass is 9.88. The van der Waals surface area contributed by atoms with Crippen LogP contribution in [0.1, 0.15) is 6.92 Å². The minimum atomic E-state index is -1.88. The number of ether oxygens (including phenoxy) is 2. The van der Waals surface area contributed by atoms with Gasteiger partial charge >= 0.3 is 18.2 Å². The van der Waals surface area contributed by atoms with Gasteiger partial charge in [-0.2, -0.15) is 0 Å². The molecule has 3 atom stereocenters. The van der Waals surface area contributed by atoms with Crippen LogP contribution in [0.4, 0.5) is 14.6 Å². The van der Waals surface area contributed by atoms with Gasteiger partial charge in [0.05, 0.1) is 5.00 Å². The number of aliphatic carboxylic acids is 1. The third-order valence-electron chi connectivity index (χ3n) is 4.98. The smallest absolute Gasteiger partial charge is 0.416 e. The number of carboxylic acids is 1. The average Bonchev–Trinajstić information content (AvgIpc) is 3.27. The molecular formula is C18H18Cl3N3O8S2. The molecule has 0 aromatic carbocycles. The molecule has 0 radical (unpaired) electrons. The molecule has 11 nitrogen and oxygen atoms in total. The van der Waals surface area contributed by atoms with E-state index >= 15 is 0 Å². The lowest BCUT2D eigenvalue weighted by Gasteiger charge is -2.55. The summed E-state index contributed by atoms with van der Waals surface area (Å²) in [6.45, 7) is -0.137. The molecule has 0 spiro atoms. The molecule has 2 saturated heterocycles. The van der Waals surface area contributed by atoms with Gasteiger partial charge in [-0.1, -0.05) is 34.8 Å². The van der Waals surface area contributed by atoms with Gasteiger partial charge in [-0.15, -0.1) is 23.1 Å². The van der Waals surface area contributed by atoms with Crippen LogP contribution in [0.2, 0.25) is 0 Å². The lowest BCUT2D eigenvalue weighted by molar-refractivity contribution is -0.159. The number of anilines is 1. The second-order valence-corrected chi connectivity index (χ2v) is 12.0. The Morgan fingerprint density at radius 2 is 1.97 bits per heavy atom. The quantitative estimate of drug-likeness (QED) is 0.387. The van der Waals surface area contributed by atoms with Crippen LogP contribution >= 0.6 is 57.9 Å². The molecule has 34 heavy (non-hydrogen) atoms. The Hall–Kier alpha value is -1.93. The second kappa shape index (κ2) is 10.4. The molecule has 2 fully saturated rings. The average molecular weight is 575 g/mol. The van der Waals surface area contributed by atoms with E-state index in [-0.39, 0.29) is 18.2 Å². The third-order valence-corrected chi connectivity index (χ3v) is 7.75. The molecule has 3 rings (SSSR count). The van der Waals surface area contributed by atoms with E-state index in [0.717, 1.165) is 0 Å². The normalized spacial score (nSPS) is 23.9. The number of halogens is 3. The van der Waals surface area contributed by atoms with Crippen LogP contribution in [-0.4, -0.2) is 80.7 Å². The molecule has 16 heteroatoms. The standard InChI is InChI=1S/C18H18Cl3N3O8S2/c1-9(25)24(10-3-2-4-33-10)11-12(26)23-5-17(14(27)28,8-34-13(11)23)6-31-15(29)22-16(30)32-7-18(19,20)21/h2-4,11,13H,5-8H2,1H3,(H,27,28)(H,22,29,30)/t11?,13-,17?/m1/s1. The van der Waals surface area contributed by atoms with Crippen LogP contribution in [0.5, 0.6) is 0 Å². The molecule has 1 aromatic heterocycles. The van der Waals surface area contributed by atoms with Crippen molar-refractivity contribution in [1.82, 2.24) is 10.2 Å². The van der Waals surface area contributed by atoms with Crippen molar-refractivity contribution >= 4 is 92.9 Å². The van der Waals surface area contributed by atoms with Gasteiger partial charge in [-0.05, 0) is 17.5 Å². The first kappa shape index (κ1) is 26.7. The number of thioether (sulfide) groups is 1. The fourth-order valence-corrected chi connectivity index (χ4v) is 5.93. The number of hydrogen-bond acceptors (Lipinski definition) is 9. The number of rotatable bonds is 6. The molecule has 0 aliphatic carbocycles. The number of carbonyl (C=O) groups excluding carboxylic acids is 4. The van der Waals surface area contributed by atoms with Gasteiger partial charge in [0.25, 0.3) is 0 Å². The van der Waals surface area contributed by atoms with Crippen molar-refractivity contribution in [2.45, 2.75) is 22.1 Å². The van der Waals surface area contributed by atoms with Crippen molar-refractivity contribution in [3.8, 4) is 0 Å². The third kappa shape index (κ3) is 5.82. The van der Waals surface area contributed by atoms with Gasteiger partial charge in [-0.3, -0.25) is 19.3 Å². The zero-order chi connectivity index (χ0) is 25.3. The minimum Gasteiger partial charge on any atom is -0.481 e. The van der Waals surface area contributed by atoms with Gasteiger partial charge in [-0.25, -0.2) is 14.9 Å². The topological polar surface area (TPSA) is 143 Å². The predicted molar refractivity (Wildman–Crippen MR) is 125 cm³/mol. The largest absolute Gasteiger partial charge is 0.481 e. The van der Waals surface area contributed by atoms with E-state index in [1.54, 1.807) is 22.8 Å². The number of carbonyl (C=O) groups is 5. The van der Waals surface area contributed by atoms with E-state index < -0.39 is 57.9 Å². The van der Waals surface area contributed by atoms with Crippen molar-refractivity contribution in [3.05, 3.63) is 17.5 Å². The lowest BCUT2D eigenvalue weighted by Crippen LogP contribution is -2.74. The summed E-state index contributed by atoms with van der Waals surface area (Å²) in [7, 11) is 0. The summed E-state index contributed by atoms with van der Waals surface area (Å²) in [5.41, 5.74) is -1.62. The van der Waals surface area contributed by atoms with Crippen molar-refractivity contribution in [2.24, 2.45) is 5.41 Å². The molecule has 2 aliphatic heterocycles. The van der Waals surface area contributed by atoms with Crippen molar-refractivity contribution in [3.63, 3.8) is 0 Å². The van der Waals surface area contributed by atoms with Crippen molar-refractivity contribution in [1.29, 1.82) is 0 Å². The number of alkyl halides is 3. The minimum absolute atomic E-state index is 0.00550. The number of carboxylic acid groups (broad SMARTS) is 1. The van der Waals surface area contributed by atoms with Gasteiger partial charge in [0.15, 0.2) is 0 Å². The molecular weight excluding hydrogens is 557 g/mol. The summed E-state index contributed by atoms with van der Waals surface area (Å²) in [5.74, 6) is -2.01. The molecule has 4 amide bonds. The maximum absolute atomic E-state index is 12.9. The van der Waals surface area contributed by atoms with Crippen LogP contribution < -0.4 is 10.2 Å². The summed E-state index contributed by atoms with van der Waals surface area (Å²) in [5, 5.41) is 13.5. The van der Waals surface area contributed by atoms with Crippen LogP contribution in [0.25, 0.3) is 0 Å². The first-order valence-corrected chi connectivity index (χ1v) is 12.6. The number of amides is 4. The zero-order valence-corrected chi connectivity index (χ0v) is 21.3. The fraction of sp³-hybridized carbons (Fsp3) is 0.500. The van der Waals surface area contributed by atoms with Crippen molar-refractivity contribution in [2.75, 3.05) is 30.4 Å². The summed E-state index contributed by atoms with van der Waals surface area (Å²) in [6.07, 6.45) is -2.52. The maximum atomic E-state index is 12.9. The SMILES string of the molecule is CC(=O)N(c1cccs1)C1C(=O)N2CC(COC(=O)NC(=O)OCC(Cl)(Cl)Cl)(C(=O)O)CS[C@H]12. The van der Waals surface area contributed by atoms with Crippen LogP contribution in [0, 0.1) is 5.41 Å². The van der Waals surface area contributed by atoms with E-state index in [0.29, 0.717) is 5.00 Å². The summed E-state index contributed by atoms with van der Waals surface area (Å²) < 4.78 is 7.57. The second-order valence-electron chi connectivity index (χ2n) is 7.43. The molecule has 186 valence electrons. The number of nitrogens with one attached hydrogen (secondary N) is 1. The molecule has 1 aromatic rings. The number of thiophene rings is 1. The Morgan fingerprint density at radius 3 is 2.53 bits per heavy atom. The van der Waals surface area contributed by atoms with E-state index in [2.05, 4.69) is 4.74 Å². The fourth-order valence-electron chi connectivity index (χ4n) is 3.39. The Balaban J connectivity index is 1.61. The van der Waals surface area contributed by atoms with E-state index in [9.17, 15) is 29.1 Å². The number of imide groups is 1. The molecule has 0 bridgehead atoms. The number of alkyl carbamates (subject to hydrolysis) is 2. The summed E-state index contributed by atoms with van der Waals surface area (Å²) in [4.78, 5) is 63.4. The van der Waals surface area contributed by atoms with Crippen molar-refractivity contribution < 1.29 is 38.6 Å². The number of hydrogen-bond donors (Lipinski definition) is 2. The highest BCUT2D eigenvalue weighted by Crippen LogP contribution is 2.45. The van der Waals surface area contributed by atoms with Gasteiger partial charge in [0, 0.05) is 19.2 Å². The number of nitrogens with zero attached hydrogens (tertiary/aromatic N) is 2. The molecule has 2 unspecified atom stereocenters. The molecule has 0 saturated carbocycles. The Morgan fingerprint density at radius 1 is 1.29 bits per heavy atom. The highest BCUT2D eigenvalue weighted by atomic mass is 35.6. The Labute approximate surface area is 216 Å². The molecule has 2 aliphatic rings. The zero-order valence-electron chi connectivity index (χ0n) is 17.4. The number of β-lactam (4-membered cyclic amide) rings is 1. The van der Waals surface area contributed by atoms with Crippen LogP contribution in [0.3, 0.4) is 0 Å². The van der Waals surface area contributed by atoms with Gasteiger partial charge in [0.2, 0.25) is 15.6 Å². The van der Waals surface area contributed by atoms with Gasteiger partial charge in [0.1, 0.15) is 30.0 Å². The maximum Gasteiger partial charge on any atom is 0.416 e. The van der Waals surface area contributed by atoms with Gasteiger partial charge < -0.3 is 19.5 Å². The summed E-state index contributed by atoms with van der Waals surface area (Å²) >= 11 is 18.8. The highest BCUT2D eigenvalue weighted by Gasteiger charge is 2.60. The van der Waals surface area contributed by atoms with E-state index in [4.69, 9.17) is 39.5 Å². The monoisotopic (exact) mass is 573 g/mol. The first-order chi connectivity index (χ1) is 15.8. The Kier molecular flexibility index (Phi) is 8.13. The van der Waals surface area contributed by atoms with Crippen LogP contribution in [0.15, 0.2) is 17.5 Å². The van der Waals surface area contributed by atoms with E-state index in [1.165, 1.54) is 39.8 Å². The Bertz CT molecular complexity index is 990. The predicted octanol–water partition coefficient (Wildman–Crippen LogP) is 2.69. The summed E-state index contributed by atoms with van der Waals surface area (Å²) in [6, 6.07) is 2.72. The first-order valence-electron chi connectivity index (χ1n) is 9.51. The molecule has 3 heterocycles. The van der Waals surface area contributed by atoms with Crippen LogP contribution in [-0.2, 0) is 23.9 Å². The number of fused-ring (bicyclic) bond motifs is 1.